The van der Waals surface area contributed by atoms with Gasteiger partial charge in [0.15, 0.2) is 0 Å². The van der Waals surface area contributed by atoms with E-state index in [4.69, 9.17) is 14.6 Å². The third-order valence-electron chi connectivity index (χ3n) is 2.26. The topological polar surface area (TPSA) is 67.8 Å². The molecule has 5 heteroatoms. The zero-order valence-corrected chi connectivity index (χ0v) is 10.5. The number of benzene rings is 1. The van der Waals surface area contributed by atoms with Crippen molar-refractivity contribution in [1.82, 2.24) is 5.32 Å². The Hall–Kier alpha value is -1.59. The Bertz CT molecular complexity index is 335. The summed E-state index contributed by atoms with van der Waals surface area (Å²) < 4.78 is 10.2. The first kappa shape index (κ1) is 14.5. The van der Waals surface area contributed by atoms with Gasteiger partial charge in [-0.2, -0.15) is 0 Å². The van der Waals surface area contributed by atoms with Gasteiger partial charge in [0, 0.05) is 13.1 Å². The largest absolute Gasteiger partial charge is 0.494 e. The molecule has 1 fully saturated rings. The average Bonchev–Trinajstić information content (AvgIpc) is 2.42. The van der Waals surface area contributed by atoms with Crippen LogP contribution < -0.4 is 10.1 Å². The van der Waals surface area contributed by atoms with Gasteiger partial charge in [0.1, 0.15) is 5.75 Å². The van der Waals surface area contributed by atoms with Crippen LogP contribution in [0.3, 0.4) is 0 Å². The maximum absolute atomic E-state index is 10.4. The summed E-state index contributed by atoms with van der Waals surface area (Å²) in [6.07, 6.45) is 0. The molecule has 100 valence electrons. The lowest BCUT2D eigenvalue weighted by molar-refractivity contribution is 0.0697. The van der Waals surface area contributed by atoms with Crippen LogP contribution in [-0.2, 0) is 4.74 Å². The molecule has 0 radical (unpaired) electrons. The number of aromatic carboxylic acids is 1. The lowest BCUT2D eigenvalue weighted by Crippen LogP contribution is -2.30. The molecule has 18 heavy (non-hydrogen) atoms. The monoisotopic (exact) mass is 253 g/mol. The van der Waals surface area contributed by atoms with Crippen molar-refractivity contribution < 1.29 is 19.4 Å². The van der Waals surface area contributed by atoms with E-state index in [1.807, 2.05) is 6.92 Å². The molecule has 0 spiro atoms. The van der Waals surface area contributed by atoms with E-state index >= 15 is 0 Å². The number of carboxylic acids is 1. The van der Waals surface area contributed by atoms with Gasteiger partial charge in [-0.25, -0.2) is 4.79 Å². The van der Waals surface area contributed by atoms with Crippen LogP contribution in [0.15, 0.2) is 24.3 Å². The van der Waals surface area contributed by atoms with Gasteiger partial charge in [0.2, 0.25) is 0 Å². The van der Waals surface area contributed by atoms with Gasteiger partial charge < -0.3 is 19.9 Å². The fourth-order valence-corrected chi connectivity index (χ4v) is 1.38. The molecular weight excluding hydrogens is 234 g/mol. The van der Waals surface area contributed by atoms with Crippen molar-refractivity contribution in [2.75, 3.05) is 32.9 Å². The van der Waals surface area contributed by atoms with Gasteiger partial charge in [-0.1, -0.05) is 0 Å². The summed E-state index contributed by atoms with van der Waals surface area (Å²) in [6, 6.07) is 6.33. The molecule has 1 aliphatic rings. The second-order valence-corrected chi connectivity index (χ2v) is 3.62. The van der Waals surface area contributed by atoms with Crippen molar-refractivity contribution in [1.29, 1.82) is 0 Å². The van der Waals surface area contributed by atoms with Crippen LogP contribution in [0.2, 0.25) is 0 Å². The SMILES string of the molecule is C1COCCN1.CCOc1ccc(C(=O)O)cc1. The van der Waals surface area contributed by atoms with Crippen LogP contribution in [0.5, 0.6) is 5.75 Å². The first-order valence-corrected chi connectivity index (χ1v) is 5.98. The molecule has 5 nitrogen and oxygen atoms in total. The first-order chi connectivity index (χ1) is 8.74. The molecule has 1 heterocycles. The fourth-order valence-electron chi connectivity index (χ4n) is 1.38. The number of hydrogen-bond acceptors (Lipinski definition) is 4. The Morgan fingerprint density at radius 1 is 1.33 bits per heavy atom. The van der Waals surface area contributed by atoms with E-state index in [1.54, 1.807) is 12.1 Å². The summed E-state index contributed by atoms with van der Waals surface area (Å²) in [4.78, 5) is 10.4. The van der Waals surface area contributed by atoms with Crippen LogP contribution in [0.1, 0.15) is 17.3 Å². The van der Waals surface area contributed by atoms with Gasteiger partial charge in [-0.05, 0) is 31.2 Å². The third-order valence-corrected chi connectivity index (χ3v) is 2.26. The molecular formula is C13H19NO4. The summed E-state index contributed by atoms with van der Waals surface area (Å²) in [5.74, 6) is -0.222. The molecule has 1 aromatic rings. The Morgan fingerprint density at radius 3 is 2.28 bits per heavy atom. The maximum atomic E-state index is 10.4. The minimum absolute atomic E-state index is 0.276. The smallest absolute Gasteiger partial charge is 0.335 e. The van der Waals surface area contributed by atoms with Gasteiger partial charge >= 0.3 is 5.97 Å². The molecule has 2 rings (SSSR count). The van der Waals surface area contributed by atoms with Gasteiger partial charge in [-0.3, -0.25) is 0 Å². The molecule has 0 amide bonds. The number of nitrogens with one attached hydrogen (secondary N) is 1. The molecule has 0 unspecified atom stereocenters. The van der Waals surface area contributed by atoms with Crippen LogP contribution in [-0.4, -0.2) is 44.0 Å². The Labute approximate surface area is 107 Å². The van der Waals surface area contributed by atoms with Crippen LogP contribution in [0, 0.1) is 0 Å². The minimum atomic E-state index is -0.918. The molecule has 1 aliphatic heterocycles. The number of rotatable bonds is 3. The molecule has 0 atom stereocenters. The van der Waals surface area contributed by atoms with Crippen LogP contribution in [0.4, 0.5) is 0 Å². The summed E-state index contributed by atoms with van der Waals surface area (Å²) in [5, 5.41) is 11.7. The molecule has 1 aromatic carbocycles. The molecule has 0 aromatic heterocycles. The second kappa shape index (κ2) is 8.49. The highest BCUT2D eigenvalue weighted by molar-refractivity contribution is 5.87. The van der Waals surface area contributed by atoms with Crippen molar-refractivity contribution in [3.05, 3.63) is 29.8 Å². The number of morpholine rings is 1. The standard InChI is InChI=1S/C9H10O3.C4H9NO/c1-2-12-8-5-3-7(4-6-8)9(10)11;1-3-6-4-2-5-1/h3-6H,2H2,1H3,(H,10,11);5H,1-4H2. The highest BCUT2D eigenvalue weighted by Crippen LogP contribution is 2.11. The van der Waals surface area contributed by atoms with E-state index < -0.39 is 5.97 Å². The summed E-state index contributed by atoms with van der Waals surface area (Å²) in [7, 11) is 0. The Morgan fingerprint density at radius 2 is 1.94 bits per heavy atom. The van der Waals surface area contributed by atoms with Crippen molar-refractivity contribution in [2.24, 2.45) is 0 Å². The van der Waals surface area contributed by atoms with Crippen molar-refractivity contribution in [2.45, 2.75) is 6.92 Å². The predicted octanol–water partition coefficient (Wildman–Crippen LogP) is 1.39. The first-order valence-electron chi connectivity index (χ1n) is 5.98. The van der Waals surface area contributed by atoms with E-state index in [0.717, 1.165) is 26.3 Å². The quantitative estimate of drug-likeness (QED) is 0.852. The van der Waals surface area contributed by atoms with Gasteiger partial charge in [0.05, 0.1) is 25.4 Å². The maximum Gasteiger partial charge on any atom is 0.335 e. The molecule has 0 aliphatic carbocycles. The normalized spacial score (nSPS) is 14.3. The zero-order valence-electron chi connectivity index (χ0n) is 10.5. The van der Waals surface area contributed by atoms with E-state index in [2.05, 4.69) is 5.32 Å². The van der Waals surface area contributed by atoms with Crippen LogP contribution >= 0.6 is 0 Å². The van der Waals surface area contributed by atoms with Gasteiger partial charge in [-0.15, -0.1) is 0 Å². The second-order valence-electron chi connectivity index (χ2n) is 3.62. The Balaban J connectivity index is 0.000000225. The molecule has 2 N–H and O–H groups in total. The number of ether oxygens (including phenoxy) is 2. The minimum Gasteiger partial charge on any atom is -0.494 e. The number of hydrogen-bond donors (Lipinski definition) is 2. The van der Waals surface area contributed by atoms with Crippen molar-refractivity contribution in [3.8, 4) is 5.75 Å². The van der Waals surface area contributed by atoms with E-state index in [9.17, 15) is 4.79 Å². The summed E-state index contributed by atoms with van der Waals surface area (Å²) in [5.41, 5.74) is 0.276. The van der Waals surface area contributed by atoms with Crippen molar-refractivity contribution >= 4 is 5.97 Å². The lowest BCUT2D eigenvalue weighted by atomic mass is 10.2. The van der Waals surface area contributed by atoms with Crippen LogP contribution in [0.25, 0.3) is 0 Å². The third kappa shape index (κ3) is 5.65. The fraction of sp³-hybridized carbons (Fsp3) is 0.462. The van der Waals surface area contributed by atoms with E-state index in [0.29, 0.717) is 12.4 Å². The molecule has 0 bridgehead atoms. The van der Waals surface area contributed by atoms with E-state index in [1.165, 1.54) is 12.1 Å². The predicted molar refractivity (Wildman–Crippen MR) is 68.3 cm³/mol. The summed E-state index contributed by atoms with van der Waals surface area (Å²) >= 11 is 0. The van der Waals surface area contributed by atoms with Gasteiger partial charge in [0.25, 0.3) is 0 Å². The highest BCUT2D eigenvalue weighted by Gasteiger charge is 2.00. The zero-order chi connectivity index (χ0) is 13.2. The van der Waals surface area contributed by atoms with E-state index in [-0.39, 0.29) is 5.56 Å². The lowest BCUT2D eigenvalue weighted by Gasteiger charge is -2.10. The molecule has 0 saturated carbocycles. The average molecular weight is 253 g/mol. The number of carbonyl (C=O) groups is 1. The number of carboxylic acid groups (broad SMARTS) is 1. The molecule has 1 saturated heterocycles. The summed E-state index contributed by atoms with van der Waals surface area (Å²) in [6.45, 7) is 6.30. The highest BCUT2D eigenvalue weighted by atomic mass is 16.5. The van der Waals surface area contributed by atoms with Crippen molar-refractivity contribution in [3.63, 3.8) is 0 Å². The Kier molecular flexibility index (Phi) is 6.83.